The number of aliphatic carboxylic acids is 1. The second-order valence-corrected chi connectivity index (χ2v) is 1.24. The molecule has 0 aliphatic carbocycles. The molecule has 0 saturated heterocycles. The van der Waals surface area contributed by atoms with Crippen LogP contribution in [0.2, 0.25) is 0 Å². The zero-order valence-electron chi connectivity index (χ0n) is 4.44. The van der Waals surface area contributed by atoms with Crippen molar-refractivity contribution in [1.29, 1.82) is 0 Å². The van der Waals surface area contributed by atoms with Crippen LogP contribution in [0.15, 0.2) is 0 Å². The van der Waals surface area contributed by atoms with Crippen molar-refractivity contribution in [2.75, 3.05) is 0 Å². The topological polar surface area (TPSA) is 68.8 Å². The first kappa shape index (κ1) is 11.9. The number of halogens is 4. The van der Waals surface area contributed by atoms with Gasteiger partial charge in [-0.05, 0) is 0 Å². The Hall–Kier alpha value is -0.850. The van der Waals surface area contributed by atoms with Gasteiger partial charge in [-0.3, -0.25) is 0 Å². The van der Waals surface area contributed by atoms with Crippen LogP contribution in [0.1, 0.15) is 0 Å². The number of hydrogen-bond donors (Lipinski definition) is 1. The number of carboxylic acids is 1. The first-order valence-corrected chi connectivity index (χ1v) is 1.79. The smallest absolute Gasteiger partial charge is 0.430 e. The highest BCUT2D eigenvalue weighted by Gasteiger charge is 2.45. The summed E-state index contributed by atoms with van der Waals surface area (Å²) in [7, 11) is 0. The lowest BCUT2D eigenvalue weighted by atomic mass is 10.4. The Bertz CT molecular complexity index is 119. The van der Waals surface area contributed by atoms with Crippen LogP contribution in [-0.4, -0.2) is 28.9 Å². The van der Waals surface area contributed by atoms with Gasteiger partial charge in [-0.25, -0.2) is 9.18 Å². The van der Waals surface area contributed by atoms with E-state index in [9.17, 15) is 22.4 Å². The van der Waals surface area contributed by atoms with Gasteiger partial charge in [0.15, 0.2) is 0 Å². The predicted octanol–water partition coefficient (Wildman–Crippen LogP) is 0.147. The lowest BCUT2D eigenvalue weighted by Gasteiger charge is -2.05. The quantitative estimate of drug-likeness (QED) is 0.560. The summed E-state index contributed by atoms with van der Waals surface area (Å²) in [5.41, 5.74) is 0. The van der Waals surface area contributed by atoms with E-state index < -0.39 is 18.3 Å². The van der Waals surface area contributed by atoms with E-state index in [0.29, 0.717) is 0 Å². The van der Waals surface area contributed by atoms with E-state index >= 15 is 0 Å². The molecule has 0 aromatic heterocycles. The molecule has 10 heavy (non-hydrogen) atoms. The molecule has 0 radical (unpaired) electrons. The maximum atomic E-state index is 11.3. The largest absolute Gasteiger partial charge is 0.479 e. The Kier molecular flexibility index (Phi) is 3.98. The Morgan fingerprint density at radius 3 is 1.70 bits per heavy atom. The summed E-state index contributed by atoms with van der Waals surface area (Å²) in [6.45, 7) is 0. The lowest BCUT2D eigenvalue weighted by molar-refractivity contribution is -0.197. The van der Waals surface area contributed by atoms with Gasteiger partial charge in [0.25, 0.3) is 6.17 Å². The van der Waals surface area contributed by atoms with Gasteiger partial charge in [0.05, 0.1) is 0 Å². The summed E-state index contributed by atoms with van der Waals surface area (Å²) >= 11 is 0. The fourth-order valence-corrected chi connectivity index (χ4v) is 0.140. The Morgan fingerprint density at radius 1 is 1.40 bits per heavy atom. The summed E-state index contributed by atoms with van der Waals surface area (Å²) < 4.78 is 44.1. The van der Waals surface area contributed by atoms with Crippen molar-refractivity contribution in [3.05, 3.63) is 0 Å². The van der Waals surface area contributed by atoms with Crippen molar-refractivity contribution < 1.29 is 32.9 Å². The molecule has 0 spiro atoms. The SMILES string of the molecule is O.O=C(O)C(F)C(F)(F)F. The number of alkyl halides is 4. The van der Waals surface area contributed by atoms with Gasteiger partial charge in [-0.15, -0.1) is 0 Å². The molecule has 0 bridgehead atoms. The zero-order chi connectivity index (χ0) is 7.65. The molecule has 0 aromatic carbocycles. The molecule has 7 heteroatoms. The maximum Gasteiger partial charge on any atom is 0.430 e. The van der Waals surface area contributed by atoms with Crippen LogP contribution < -0.4 is 0 Å². The van der Waals surface area contributed by atoms with Crippen LogP contribution in [0.4, 0.5) is 17.6 Å². The molecule has 0 fully saturated rings. The predicted molar refractivity (Wildman–Crippen MR) is 22.2 cm³/mol. The second-order valence-electron chi connectivity index (χ2n) is 1.24. The maximum absolute atomic E-state index is 11.3. The van der Waals surface area contributed by atoms with Gasteiger partial charge in [0, 0.05) is 0 Å². The van der Waals surface area contributed by atoms with Gasteiger partial charge < -0.3 is 10.6 Å². The highest BCUT2D eigenvalue weighted by atomic mass is 19.4. The normalized spacial score (nSPS) is 13.6. The van der Waals surface area contributed by atoms with Crippen molar-refractivity contribution >= 4 is 5.97 Å². The van der Waals surface area contributed by atoms with E-state index in [1.54, 1.807) is 0 Å². The highest BCUT2D eigenvalue weighted by molar-refractivity contribution is 5.73. The number of hydrogen-bond acceptors (Lipinski definition) is 1. The first-order valence-electron chi connectivity index (χ1n) is 1.79. The zero-order valence-corrected chi connectivity index (χ0v) is 4.44. The molecular weight excluding hydrogens is 160 g/mol. The third-order valence-corrected chi connectivity index (χ3v) is 0.504. The summed E-state index contributed by atoms with van der Waals surface area (Å²) in [5, 5.41) is 7.42. The van der Waals surface area contributed by atoms with Crippen molar-refractivity contribution in [2.24, 2.45) is 0 Å². The number of carboxylic acid groups (broad SMARTS) is 1. The van der Waals surface area contributed by atoms with Crippen molar-refractivity contribution in [3.8, 4) is 0 Å². The molecule has 0 aliphatic heterocycles. The summed E-state index contributed by atoms with van der Waals surface area (Å²) in [6, 6.07) is 0. The monoisotopic (exact) mass is 164 g/mol. The Labute approximate surface area is 52.6 Å². The van der Waals surface area contributed by atoms with Gasteiger partial charge in [0.2, 0.25) is 0 Å². The average molecular weight is 164 g/mol. The first-order chi connectivity index (χ1) is 3.85. The molecular formula is C3H4F4O3. The Balaban J connectivity index is 0. The third-order valence-electron chi connectivity index (χ3n) is 0.504. The molecule has 62 valence electrons. The lowest BCUT2D eigenvalue weighted by Crippen LogP contribution is -2.32. The van der Waals surface area contributed by atoms with Crippen LogP contribution >= 0.6 is 0 Å². The Morgan fingerprint density at radius 2 is 1.70 bits per heavy atom. The fraction of sp³-hybridized carbons (Fsp3) is 0.667. The van der Waals surface area contributed by atoms with E-state index in [2.05, 4.69) is 0 Å². The molecule has 0 rings (SSSR count). The molecule has 1 atom stereocenters. The average Bonchev–Trinajstić information content (AvgIpc) is 1.62. The molecule has 0 amide bonds. The number of carbonyl (C=O) groups is 1. The van der Waals surface area contributed by atoms with Gasteiger partial charge in [-0.2, -0.15) is 13.2 Å². The van der Waals surface area contributed by atoms with Gasteiger partial charge >= 0.3 is 12.1 Å². The number of rotatable bonds is 1. The van der Waals surface area contributed by atoms with E-state index in [0.717, 1.165) is 0 Å². The van der Waals surface area contributed by atoms with E-state index in [-0.39, 0.29) is 5.48 Å². The molecule has 3 N–H and O–H groups in total. The molecule has 3 nitrogen and oxygen atoms in total. The van der Waals surface area contributed by atoms with Crippen LogP contribution in [-0.2, 0) is 4.79 Å². The minimum Gasteiger partial charge on any atom is -0.479 e. The van der Waals surface area contributed by atoms with Crippen molar-refractivity contribution in [3.63, 3.8) is 0 Å². The van der Waals surface area contributed by atoms with Crippen LogP contribution in [0.3, 0.4) is 0 Å². The molecule has 1 unspecified atom stereocenters. The van der Waals surface area contributed by atoms with E-state index in [1.165, 1.54) is 0 Å². The minimum atomic E-state index is -5.29. The second kappa shape index (κ2) is 3.35. The molecule has 0 heterocycles. The van der Waals surface area contributed by atoms with E-state index in [1.807, 2.05) is 0 Å². The molecule has 0 saturated carbocycles. The summed E-state index contributed by atoms with van der Waals surface area (Å²) in [5.74, 6) is -2.51. The van der Waals surface area contributed by atoms with Crippen LogP contribution in [0.25, 0.3) is 0 Å². The van der Waals surface area contributed by atoms with Crippen molar-refractivity contribution in [1.82, 2.24) is 0 Å². The van der Waals surface area contributed by atoms with Crippen LogP contribution in [0.5, 0.6) is 0 Å². The summed E-state index contributed by atoms with van der Waals surface area (Å²) in [4.78, 5) is 9.25. The molecule has 0 aromatic rings. The standard InChI is InChI=1S/C3H2F4O2.H2O/c4-1(2(8)9)3(5,6)7;/h1H,(H,8,9);1H2. The van der Waals surface area contributed by atoms with Crippen molar-refractivity contribution in [2.45, 2.75) is 12.3 Å². The minimum absolute atomic E-state index is 0. The van der Waals surface area contributed by atoms with Gasteiger partial charge in [-0.1, -0.05) is 0 Å². The fourth-order valence-electron chi connectivity index (χ4n) is 0.140. The van der Waals surface area contributed by atoms with Gasteiger partial charge in [0.1, 0.15) is 0 Å². The van der Waals surface area contributed by atoms with E-state index in [4.69, 9.17) is 5.11 Å². The van der Waals surface area contributed by atoms with Crippen LogP contribution in [0, 0.1) is 0 Å². The summed E-state index contributed by atoms with van der Waals surface area (Å²) in [6.07, 6.45) is -9.05. The third kappa shape index (κ3) is 3.23. The molecule has 0 aliphatic rings. The highest BCUT2D eigenvalue weighted by Crippen LogP contribution is 2.22.